The van der Waals surface area contributed by atoms with E-state index in [1.807, 2.05) is 13.8 Å². The number of rotatable bonds is 7. The zero-order valence-electron chi connectivity index (χ0n) is 15.8. The van der Waals surface area contributed by atoms with E-state index in [1.165, 1.54) is 16.9 Å². The van der Waals surface area contributed by atoms with Gasteiger partial charge in [-0.15, -0.1) is 11.3 Å². The van der Waals surface area contributed by atoms with E-state index in [4.69, 9.17) is 4.74 Å². The number of esters is 1. The molecule has 0 amide bonds. The minimum atomic E-state index is -0.312. The molecule has 2 aromatic heterocycles. The van der Waals surface area contributed by atoms with Crippen molar-refractivity contribution in [2.75, 3.05) is 20.2 Å². The molecule has 0 aromatic carbocycles. The number of ether oxygens (including phenoxy) is 1. The first-order chi connectivity index (χ1) is 12.5. The quantitative estimate of drug-likeness (QED) is 0.425. The van der Waals surface area contributed by atoms with Gasteiger partial charge in [0.15, 0.2) is 5.96 Å². The van der Waals surface area contributed by atoms with Crippen LogP contribution >= 0.6 is 22.7 Å². The topological polar surface area (TPSA) is 75.6 Å². The van der Waals surface area contributed by atoms with Crippen molar-refractivity contribution in [3.63, 3.8) is 0 Å². The maximum atomic E-state index is 12.0. The van der Waals surface area contributed by atoms with Gasteiger partial charge in [-0.1, -0.05) is 6.92 Å². The lowest BCUT2D eigenvalue weighted by Gasteiger charge is -2.18. The number of aliphatic imine (C=N–C) groups is 1. The Morgan fingerprint density at radius 1 is 1.42 bits per heavy atom. The third-order valence-electron chi connectivity index (χ3n) is 3.91. The lowest BCUT2D eigenvalue weighted by atomic mass is 10.1. The van der Waals surface area contributed by atoms with Gasteiger partial charge in [0.25, 0.3) is 0 Å². The second-order valence-electron chi connectivity index (χ2n) is 5.96. The van der Waals surface area contributed by atoms with Gasteiger partial charge in [0.05, 0.1) is 18.3 Å². The molecule has 2 heterocycles. The van der Waals surface area contributed by atoms with Crippen molar-refractivity contribution in [1.29, 1.82) is 0 Å². The van der Waals surface area contributed by atoms with Crippen LogP contribution in [0.5, 0.6) is 0 Å². The maximum absolute atomic E-state index is 12.0. The Balaban J connectivity index is 1.95. The van der Waals surface area contributed by atoms with Crippen LogP contribution in [0.2, 0.25) is 0 Å². The van der Waals surface area contributed by atoms with Crippen LogP contribution in [0.3, 0.4) is 0 Å². The lowest BCUT2D eigenvalue weighted by molar-refractivity contribution is 0.0531. The average Bonchev–Trinajstić information content (AvgIpc) is 3.28. The van der Waals surface area contributed by atoms with E-state index in [0.717, 1.165) is 11.6 Å². The first-order valence-electron chi connectivity index (χ1n) is 8.59. The number of aromatic nitrogens is 1. The van der Waals surface area contributed by atoms with E-state index >= 15 is 0 Å². The highest BCUT2D eigenvalue weighted by molar-refractivity contribution is 7.13. The highest BCUT2D eigenvalue weighted by atomic mass is 32.1. The van der Waals surface area contributed by atoms with E-state index in [9.17, 15) is 4.79 Å². The summed E-state index contributed by atoms with van der Waals surface area (Å²) in [6.07, 6.45) is 0. The standard InChI is InChI=1S/C18H26N4O2S2/c1-6-24-17(23)15-12(3)21-16(26-15)13(4)22-18(19-5)20-9-11(2)14-7-8-25-10-14/h7-8,10-11,13H,6,9H2,1-5H3,(H2,19,20,22). The number of thiophene rings is 1. The van der Waals surface area contributed by atoms with Crippen molar-refractivity contribution in [2.24, 2.45) is 4.99 Å². The van der Waals surface area contributed by atoms with E-state index in [-0.39, 0.29) is 12.0 Å². The summed E-state index contributed by atoms with van der Waals surface area (Å²) >= 11 is 3.07. The van der Waals surface area contributed by atoms with Crippen LogP contribution in [0.25, 0.3) is 0 Å². The Bertz CT molecular complexity index is 740. The Labute approximate surface area is 162 Å². The molecule has 0 saturated carbocycles. The number of nitrogens with one attached hydrogen (secondary N) is 2. The minimum absolute atomic E-state index is 0.0652. The number of aryl methyl sites for hydroxylation is 1. The molecule has 0 aliphatic carbocycles. The summed E-state index contributed by atoms with van der Waals surface area (Å²) < 4.78 is 5.08. The molecule has 0 radical (unpaired) electrons. The van der Waals surface area contributed by atoms with Gasteiger partial charge < -0.3 is 15.4 Å². The number of carbonyl (C=O) groups is 1. The van der Waals surface area contributed by atoms with Crippen molar-refractivity contribution < 1.29 is 9.53 Å². The van der Waals surface area contributed by atoms with Crippen LogP contribution in [0.4, 0.5) is 0 Å². The first kappa shape index (κ1) is 20.4. The first-order valence-corrected chi connectivity index (χ1v) is 10.4. The smallest absolute Gasteiger partial charge is 0.350 e. The molecule has 6 nitrogen and oxygen atoms in total. The highest BCUT2D eigenvalue weighted by Crippen LogP contribution is 2.24. The van der Waals surface area contributed by atoms with Crippen LogP contribution in [-0.4, -0.2) is 37.1 Å². The van der Waals surface area contributed by atoms with Gasteiger partial charge in [0.1, 0.15) is 9.88 Å². The molecule has 2 rings (SSSR count). The largest absolute Gasteiger partial charge is 0.462 e. The monoisotopic (exact) mass is 394 g/mol. The van der Waals surface area contributed by atoms with Crippen LogP contribution in [0.1, 0.15) is 58.7 Å². The molecule has 142 valence electrons. The second-order valence-corrected chi connectivity index (χ2v) is 7.77. The predicted octanol–water partition coefficient (Wildman–Crippen LogP) is 3.72. The number of hydrogen-bond acceptors (Lipinski definition) is 6. The molecule has 8 heteroatoms. The summed E-state index contributed by atoms with van der Waals surface area (Å²) in [7, 11) is 1.74. The SMILES string of the molecule is CCOC(=O)c1sc(C(C)NC(=NC)NCC(C)c2ccsc2)nc1C. The van der Waals surface area contributed by atoms with E-state index in [2.05, 4.69) is 44.4 Å². The molecule has 26 heavy (non-hydrogen) atoms. The van der Waals surface area contributed by atoms with Gasteiger partial charge in [-0.2, -0.15) is 11.3 Å². The summed E-state index contributed by atoms with van der Waals surface area (Å²) in [5, 5.41) is 11.8. The number of hydrogen-bond donors (Lipinski definition) is 2. The molecule has 0 aliphatic heterocycles. The Morgan fingerprint density at radius 3 is 2.81 bits per heavy atom. The maximum Gasteiger partial charge on any atom is 0.350 e. The third kappa shape index (κ3) is 5.28. The number of thiazole rings is 1. The minimum Gasteiger partial charge on any atom is -0.462 e. The summed E-state index contributed by atoms with van der Waals surface area (Å²) in [6, 6.07) is 2.08. The van der Waals surface area contributed by atoms with Gasteiger partial charge in [-0.05, 0) is 49.1 Å². The molecular weight excluding hydrogens is 368 g/mol. The Hall–Kier alpha value is -1.93. The van der Waals surface area contributed by atoms with Crippen molar-refractivity contribution in [2.45, 2.75) is 39.7 Å². The summed E-state index contributed by atoms with van der Waals surface area (Å²) in [6.45, 7) is 8.96. The van der Waals surface area contributed by atoms with Crippen LogP contribution < -0.4 is 10.6 Å². The lowest BCUT2D eigenvalue weighted by Crippen LogP contribution is -2.40. The third-order valence-corrected chi connectivity index (χ3v) is 5.93. The van der Waals surface area contributed by atoms with Gasteiger partial charge in [-0.3, -0.25) is 4.99 Å². The summed E-state index contributed by atoms with van der Waals surface area (Å²) in [5.41, 5.74) is 2.02. The molecule has 2 N–H and O–H groups in total. The zero-order valence-corrected chi connectivity index (χ0v) is 17.5. The highest BCUT2D eigenvalue weighted by Gasteiger charge is 2.20. The van der Waals surface area contributed by atoms with Crippen molar-refractivity contribution in [3.05, 3.63) is 38.0 Å². The molecule has 2 aromatic rings. The van der Waals surface area contributed by atoms with Gasteiger partial charge >= 0.3 is 5.97 Å². The average molecular weight is 395 g/mol. The molecule has 2 atom stereocenters. The normalized spacial score (nSPS) is 14.0. The van der Waals surface area contributed by atoms with Gasteiger partial charge in [0.2, 0.25) is 0 Å². The molecule has 0 aliphatic rings. The fraction of sp³-hybridized carbons (Fsp3) is 0.500. The zero-order chi connectivity index (χ0) is 19.1. The fourth-order valence-electron chi connectivity index (χ4n) is 2.37. The molecule has 0 spiro atoms. The number of guanidine groups is 1. The van der Waals surface area contributed by atoms with E-state index in [0.29, 0.717) is 29.1 Å². The molecule has 0 bridgehead atoms. The van der Waals surface area contributed by atoms with Crippen molar-refractivity contribution >= 4 is 34.6 Å². The Morgan fingerprint density at radius 2 is 2.19 bits per heavy atom. The van der Waals surface area contributed by atoms with Crippen LogP contribution in [-0.2, 0) is 4.74 Å². The van der Waals surface area contributed by atoms with Crippen LogP contribution in [0, 0.1) is 6.92 Å². The summed E-state index contributed by atoms with van der Waals surface area (Å²) in [5.74, 6) is 0.797. The molecule has 2 unspecified atom stereocenters. The van der Waals surface area contributed by atoms with Gasteiger partial charge in [0, 0.05) is 13.6 Å². The molecule has 0 saturated heterocycles. The molecule has 0 fully saturated rings. The molecular formula is C18H26N4O2S2. The van der Waals surface area contributed by atoms with Crippen molar-refractivity contribution in [3.8, 4) is 0 Å². The number of carbonyl (C=O) groups excluding carboxylic acids is 1. The fourth-order valence-corrected chi connectivity index (χ4v) is 4.12. The second kappa shape index (κ2) is 9.68. The number of nitrogens with zero attached hydrogens (tertiary/aromatic N) is 2. The van der Waals surface area contributed by atoms with Gasteiger partial charge in [-0.25, -0.2) is 9.78 Å². The Kier molecular flexibility index (Phi) is 7.59. The predicted molar refractivity (Wildman–Crippen MR) is 108 cm³/mol. The van der Waals surface area contributed by atoms with Crippen molar-refractivity contribution in [1.82, 2.24) is 15.6 Å². The van der Waals surface area contributed by atoms with E-state index in [1.54, 1.807) is 25.3 Å². The van der Waals surface area contributed by atoms with E-state index < -0.39 is 0 Å². The summed E-state index contributed by atoms with van der Waals surface area (Å²) in [4.78, 5) is 21.3. The van der Waals surface area contributed by atoms with Crippen LogP contribution in [0.15, 0.2) is 21.8 Å².